The highest BCUT2D eigenvalue weighted by atomic mass is 32.1. The average Bonchev–Trinajstić information content (AvgIpc) is 3.71. The molecule has 0 amide bonds. The largest absolute Gasteiger partial charge is 0.291 e. The average molecular weight is 683 g/mol. The molecule has 52 heavy (non-hydrogen) atoms. The van der Waals surface area contributed by atoms with Gasteiger partial charge >= 0.3 is 0 Å². The highest BCUT2D eigenvalue weighted by Gasteiger charge is 2.33. The van der Waals surface area contributed by atoms with Crippen molar-refractivity contribution in [1.29, 1.82) is 0 Å². The van der Waals surface area contributed by atoms with E-state index >= 15 is 0 Å². The summed E-state index contributed by atoms with van der Waals surface area (Å²) in [5.74, 6) is 0. The number of hydrogen-bond donors (Lipinski definition) is 0. The number of imidazole rings is 1. The summed E-state index contributed by atoms with van der Waals surface area (Å²) in [5, 5.41) is 7.60. The van der Waals surface area contributed by atoms with Gasteiger partial charge in [-0.3, -0.25) is 4.40 Å². The molecule has 2 nitrogen and oxygen atoms in total. The van der Waals surface area contributed by atoms with Gasteiger partial charge in [0.2, 0.25) is 6.71 Å². The zero-order valence-corrected chi connectivity index (χ0v) is 30.5. The first kappa shape index (κ1) is 30.0. The van der Waals surface area contributed by atoms with Crippen LogP contribution in [0.5, 0.6) is 0 Å². The summed E-state index contributed by atoms with van der Waals surface area (Å²) >= 11 is 1.86. The molecule has 1 aliphatic rings. The summed E-state index contributed by atoms with van der Waals surface area (Å²) in [7, 11) is 0. The third-order valence-electron chi connectivity index (χ3n) is 11.6. The number of nitrogens with zero attached hydrogens (tertiary/aromatic N) is 2. The fourth-order valence-corrected chi connectivity index (χ4v) is 10.7. The van der Waals surface area contributed by atoms with Crippen LogP contribution in [0.3, 0.4) is 0 Å². The zero-order chi connectivity index (χ0) is 34.8. The van der Waals surface area contributed by atoms with Crippen molar-refractivity contribution in [1.82, 2.24) is 9.38 Å². The topological polar surface area (TPSA) is 17.3 Å². The van der Waals surface area contributed by atoms with Gasteiger partial charge in [0, 0.05) is 15.5 Å². The standard InChI is InChI=1S/C48H35BN2S/c1-27-19-29(3)45-35(21-27)23-36-22-28(2)20-30(4)46(36)49(45)37-16-13-32(14-17-37)41-26-39-44-38-12-8-7-9-31(38)15-18-43(44)52-47(39)48-50-40-24-33-10-5-6-11-34(33)25-42(40)51(41)48/h5-22,24-26H,23H2,1-4H3. The Morgan fingerprint density at radius 3 is 1.98 bits per heavy atom. The molecular weight excluding hydrogens is 647 g/mol. The Morgan fingerprint density at radius 2 is 1.27 bits per heavy atom. The van der Waals surface area contributed by atoms with Crippen LogP contribution in [0.4, 0.5) is 0 Å². The molecule has 0 spiro atoms. The lowest BCUT2D eigenvalue weighted by molar-refractivity contribution is 1.16. The second kappa shape index (κ2) is 10.9. The number of benzene rings is 7. The van der Waals surface area contributed by atoms with E-state index in [9.17, 15) is 0 Å². The molecule has 0 fully saturated rings. The lowest BCUT2D eigenvalue weighted by atomic mass is 9.32. The molecule has 4 heterocycles. The summed E-state index contributed by atoms with van der Waals surface area (Å²) in [6.07, 6.45) is 0.994. The first-order valence-corrected chi connectivity index (χ1v) is 19.1. The predicted molar refractivity (Wildman–Crippen MR) is 225 cm³/mol. The predicted octanol–water partition coefficient (Wildman–Crippen LogP) is 10.5. The molecule has 0 bridgehead atoms. The van der Waals surface area contributed by atoms with E-state index in [4.69, 9.17) is 4.98 Å². The Morgan fingerprint density at radius 1 is 0.615 bits per heavy atom. The number of thiophene rings is 1. The molecule has 0 unspecified atom stereocenters. The van der Waals surface area contributed by atoms with Gasteiger partial charge in [-0.2, -0.15) is 0 Å². The third kappa shape index (κ3) is 4.28. The third-order valence-corrected chi connectivity index (χ3v) is 12.8. The summed E-state index contributed by atoms with van der Waals surface area (Å²) < 4.78 is 4.95. The number of rotatable bonds is 2. The van der Waals surface area contributed by atoms with Crippen molar-refractivity contribution in [2.75, 3.05) is 0 Å². The van der Waals surface area contributed by atoms with Crippen molar-refractivity contribution in [2.24, 2.45) is 0 Å². The van der Waals surface area contributed by atoms with E-state index in [0.29, 0.717) is 0 Å². The van der Waals surface area contributed by atoms with Gasteiger partial charge in [0.25, 0.3) is 0 Å². The molecule has 11 rings (SSSR count). The molecule has 0 saturated carbocycles. The van der Waals surface area contributed by atoms with Crippen molar-refractivity contribution in [2.45, 2.75) is 34.1 Å². The van der Waals surface area contributed by atoms with Gasteiger partial charge in [-0.15, -0.1) is 11.3 Å². The molecule has 7 aromatic carbocycles. The van der Waals surface area contributed by atoms with Crippen LogP contribution in [0.1, 0.15) is 33.4 Å². The minimum absolute atomic E-state index is 0.198. The fraction of sp³-hybridized carbons (Fsp3) is 0.104. The first-order valence-electron chi connectivity index (χ1n) is 18.3. The van der Waals surface area contributed by atoms with Crippen LogP contribution in [0.25, 0.3) is 69.7 Å². The van der Waals surface area contributed by atoms with E-state index in [-0.39, 0.29) is 6.71 Å². The van der Waals surface area contributed by atoms with Crippen LogP contribution < -0.4 is 16.4 Å². The number of hydrogen-bond acceptors (Lipinski definition) is 2. The lowest BCUT2D eigenvalue weighted by Gasteiger charge is -2.31. The van der Waals surface area contributed by atoms with E-state index in [1.165, 1.54) is 103 Å². The summed E-state index contributed by atoms with van der Waals surface area (Å²) in [5.41, 5.74) is 18.2. The molecule has 0 atom stereocenters. The molecule has 1 aliphatic heterocycles. The molecule has 0 N–H and O–H groups in total. The zero-order valence-electron chi connectivity index (χ0n) is 29.7. The van der Waals surface area contributed by atoms with Gasteiger partial charge in [0.1, 0.15) is 0 Å². The smallest absolute Gasteiger partial charge is 0.242 e. The van der Waals surface area contributed by atoms with Gasteiger partial charge in [0.05, 0.1) is 21.4 Å². The molecule has 4 heteroatoms. The number of pyridine rings is 1. The van der Waals surface area contributed by atoms with E-state index in [1.807, 2.05) is 11.3 Å². The van der Waals surface area contributed by atoms with Crippen molar-refractivity contribution in [3.8, 4) is 11.3 Å². The maximum Gasteiger partial charge on any atom is 0.242 e. The second-order valence-electron chi connectivity index (χ2n) is 15.0. The van der Waals surface area contributed by atoms with Gasteiger partial charge in [-0.25, -0.2) is 4.98 Å². The monoisotopic (exact) mass is 682 g/mol. The lowest BCUT2D eigenvalue weighted by Crippen LogP contribution is -2.58. The first-order chi connectivity index (χ1) is 25.4. The number of fused-ring (bicyclic) bond motifs is 12. The van der Waals surface area contributed by atoms with Crippen LogP contribution in [0, 0.1) is 27.7 Å². The molecule has 3 aromatic heterocycles. The normalized spacial score (nSPS) is 12.9. The minimum Gasteiger partial charge on any atom is -0.291 e. The Balaban J connectivity index is 1.18. The molecule has 246 valence electrons. The summed E-state index contributed by atoms with van der Waals surface area (Å²) in [4.78, 5) is 5.40. The maximum atomic E-state index is 5.40. The quantitative estimate of drug-likeness (QED) is 0.166. The Kier molecular flexibility index (Phi) is 6.28. The molecule has 10 aromatic rings. The van der Waals surface area contributed by atoms with Crippen molar-refractivity contribution < 1.29 is 0 Å². The maximum absolute atomic E-state index is 5.40. The van der Waals surface area contributed by atoms with Crippen molar-refractivity contribution in [3.05, 3.63) is 161 Å². The highest BCUT2D eigenvalue weighted by Crippen LogP contribution is 2.43. The molecule has 0 saturated heterocycles. The van der Waals surface area contributed by atoms with Crippen LogP contribution in [0.15, 0.2) is 127 Å². The van der Waals surface area contributed by atoms with Gasteiger partial charge < -0.3 is 0 Å². The number of aryl methyl sites for hydroxylation is 4. The van der Waals surface area contributed by atoms with E-state index in [2.05, 4.69) is 159 Å². The molecular formula is C48H35BN2S. The van der Waals surface area contributed by atoms with Crippen molar-refractivity contribution >= 4 is 92.8 Å². The fourth-order valence-electron chi connectivity index (χ4n) is 9.55. The van der Waals surface area contributed by atoms with Gasteiger partial charge in [-0.05, 0) is 96.6 Å². The summed E-state index contributed by atoms with van der Waals surface area (Å²) in [6, 6.07) is 48.0. The minimum atomic E-state index is 0.198. The highest BCUT2D eigenvalue weighted by molar-refractivity contribution is 7.26. The van der Waals surface area contributed by atoms with Crippen LogP contribution in [0.2, 0.25) is 0 Å². The molecule has 0 radical (unpaired) electrons. The van der Waals surface area contributed by atoms with E-state index in [1.54, 1.807) is 0 Å². The Hall–Kier alpha value is -5.71. The van der Waals surface area contributed by atoms with Crippen LogP contribution >= 0.6 is 11.3 Å². The number of aromatic nitrogens is 2. The summed E-state index contributed by atoms with van der Waals surface area (Å²) in [6.45, 7) is 9.26. The van der Waals surface area contributed by atoms with Crippen molar-refractivity contribution in [3.63, 3.8) is 0 Å². The van der Waals surface area contributed by atoms with Gasteiger partial charge in [-0.1, -0.05) is 142 Å². The molecule has 0 aliphatic carbocycles. The van der Waals surface area contributed by atoms with E-state index in [0.717, 1.165) is 23.1 Å². The van der Waals surface area contributed by atoms with E-state index < -0.39 is 0 Å². The Bertz CT molecular complexity index is 3090. The Labute approximate surface area is 307 Å². The second-order valence-corrected chi connectivity index (χ2v) is 16.1. The van der Waals surface area contributed by atoms with Gasteiger partial charge in [0.15, 0.2) is 5.65 Å². The SMILES string of the molecule is Cc1cc(C)c2c(c1)Cc1cc(C)cc(C)c1B2c1ccc(-c2cc3c(sc4ccc5ccccc5c43)c3nc4cc5ccccc5cc4n23)cc1. The van der Waals surface area contributed by atoms with Crippen LogP contribution in [-0.2, 0) is 6.42 Å². The van der Waals surface area contributed by atoms with Crippen LogP contribution in [-0.4, -0.2) is 16.1 Å².